The van der Waals surface area contributed by atoms with Gasteiger partial charge in [-0.2, -0.15) is 13.2 Å². The molecule has 132 valence electrons. The maximum Gasteiger partial charge on any atom is 0.416 e. The number of halogens is 3. The zero-order chi connectivity index (χ0) is 18.7. The number of hydrogen-bond acceptors (Lipinski definition) is 4. The Kier molecular flexibility index (Phi) is 5.43. The molecule has 0 atom stereocenters. The number of amides is 3. The second kappa shape index (κ2) is 6.77. The van der Waals surface area contributed by atoms with E-state index >= 15 is 0 Å². The molecule has 0 bridgehead atoms. The van der Waals surface area contributed by atoms with Gasteiger partial charge in [-0.25, -0.2) is 0 Å². The Morgan fingerprint density at radius 3 is 2.25 bits per heavy atom. The Labute approximate surface area is 135 Å². The van der Waals surface area contributed by atoms with Crippen molar-refractivity contribution in [3.63, 3.8) is 0 Å². The van der Waals surface area contributed by atoms with E-state index in [4.69, 9.17) is 11.5 Å². The summed E-state index contributed by atoms with van der Waals surface area (Å²) < 4.78 is 38.0. The first-order chi connectivity index (χ1) is 10.8. The van der Waals surface area contributed by atoms with Crippen LogP contribution in [0, 0.1) is 0 Å². The molecule has 0 unspecified atom stereocenters. The Morgan fingerprint density at radius 2 is 1.75 bits per heavy atom. The van der Waals surface area contributed by atoms with Crippen molar-refractivity contribution >= 4 is 23.4 Å². The number of rotatable bonds is 5. The van der Waals surface area contributed by atoms with Crippen molar-refractivity contribution in [3.05, 3.63) is 29.3 Å². The van der Waals surface area contributed by atoms with Crippen LogP contribution in [0.5, 0.6) is 0 Å². The molecule has 0 aromatic heterocycles. The summed E-state index contributed by atoms with van der Waals surface area (Å²) in [5, 5.41) is 4.40. The maximum atomic E-state index is 12.7. The van der Waals surface area contributed by atoms with Gasteiger partial charge in [-0.15, -0.1) is 0 Å². The zero-order valence-electron chi connectivity index (χ0n) is 13.0. The SMILES string of the molecule is CC(C)(NC(=O)CNC(=O)c1cc(C(F)(F)F)ccc1N)C(N)=O. The Bertz CT molecular complexity index is 672. The normalized spacial score (nSPS) is 11.7. The number of carbonyl (C=O) groups is 3. The predicted molar refractivity (Wildman–Crippen MR) is 79.6 cm³/mol. The third kappa shape index (κ3) is 4.86. The first-order valence-electron chi connectivity index (χ1n) is 6.70. The van der Waals surface area contributed by atoms with E-state index in [0.717, 1.165) is 12.1 Å². The minimum Gasteiger partial charge on any atom is -0.398 e. The molecule has 7 nitrogen and oxygen atoms in total. The molecule has 0 aliphatic carbocycles. The largest absolute Gasteiger partial charge is 0.416 e. The molecule has 10 heteroatoms. The minimum absolute atomic E-state index is 0.168. The summed E-state index contributed by atoms with van der Waals surface area (Å²) in [5.41, 5.74) is 7.61. The van der Waals surface area contributed by atoms with Crippen LogP contribution in [0.4, 0.5) is 18.9 Å². The second-order valence-corrected chi connectivity index (χ2v) is 5.52. The van der Waals surface area contributed by atoms with E-state index in [2.05, 4.69) is 10.6 Å². The van der Waals surface area contributed by atoms with Gasteiger partial charge in [0.25, 0.3) is 5.91 Å². The molecular formula is C14H17F3N4O3. The average Bonchev–Trinajstić information content (AvgIpc) is 2.43. The van der Waals surface area contributed by atoms with E-state index in [1.54, 1.807) is 0 Å². The van der Waals surface area contributed by atoms with Gasteiger partial charge in [-0.3, -0.25) is 14.4 Å². The van der Waals surface area contributed by atoms with Crippen LogP contribution in [0.1, 0.15) is 29.8 Å². The van der Waals surface area contributed by atoms with Crippen molar-refractivity contribution in [3.8, 4) is 0 Å². The van der Waals surface area contributed by atoms with Gasteiger partial charge in [-0.05, 0) is 32.0 Å². The molecule has 3 amide bonds. The molecule has 0 spiro atoms. The minimum atomic E-state index is -4.63. The molecule has 0 saturated carbocycles. The summed E-state index contributed by atoms with van der Waals surface area (Å²) in [6.07, 6.45) is -4.63. The quantitative estimate of drug-likeness (QED) is 0.575. The summed E-state index contributed by atoms with van der Waals surface area (Å²) in [4.78, 5) is 34.7. The number of carbonyl (C=O) groups excluding carboxylic acids is 3. The van der Waals surface area contributed by atoms with Gasteiger partial charge in [0.05, 0.1) is 17.7 Å². The molecule has 0 fully saturated rings. The number of nitrogens with two attached hydrogens (primary N) is 2. The highest BCUT2D eigenvalue weighted by atomic mass is 19.4. The van der Waals surface area contributed by atoms with E-state index < -0.39 is 47.1 Å². The molecular weight excluding hydrogens is 329 g/mol. The average molecular weight is 346 g/mol. The van der Waals surface area contributed by atoms with Crippen LogP contribution >= 0.6 is 0 Å². The summed E-state index contributed by atoms with van der Waals surface area (Å²) >= 11 is 0. The first kappa shape index (κ1) is 19.3. The Balaban J connectivity index is 2.79. The molecule has 1 rings (SSSR count). The van der Waals surface area contributed by atoms with Crippen molar-refractivity contribution in [1.82, 2.24) is 10.6 Å². The summed E-state index contributed by atoms with van der Waals surface area (Å²) in [6, 6.07) is 2.29. The van der Waals surface area contributed by atoms with Gasteiger partial charge in [-0.1, -0.05) is 0 Å². The predicted octanol–water partition coefficient (Wildman–Crippen LogP) is 0.397. The molecule has 0 aliphatic rings. The summed E-state index contributed by atoms with van der Waals surface area (Å²) in [5.74, 6) is -2.48. The van der Waals surface area contributed by atoms with Crippen LogP contribution in [-0.2, 0) is 15.8 Å². The highest BCUT2D eigenvalue weighted by Gasteiger charge is 2.32. The first-order valence-corrected chi connectivity index (χ1v) is 6.70. The molecule has 0 radical (unpaired) electrons. The van der Waals surface area contributed by atoms with Crippen LogP contribution in [0.2, 0.25) is 0 Å². The molecule has 1 aromatic carbocycles. The van der Waals surface area contributed by atoms with Gasteiger partial charge in [0.15, 0.2) is 0 Å². The number of nitrogens with one attached hydrogen (secondary N) is 2. The van der Waals surface area contributed by atoms with Crippen molar-refractivity contribution in [2.24, 2.45) is 5.73 Å². The van der Waals surface area contributed by atoms with Gasteiger partial charge in [0.1, 0.15) is 5.54 Å². The number of anilines is 1. The third-order valence-electron chi connectivity index (χ3n) is 3.10. The highest BCUT2D eigenvalue weighted by molar-refractivity contribution is 6.01. The molecule has 0 aliphatic heterocycles. The molecule has 0 saturated heterocycles. The summed E-state index contributed by atoms with van der Waals surface area (Å²) in [7, 11) is 0. The number of primary amides is 1. The highest BCUT2D eigenvalue weighted by Crippen LogP contribution is 2.31. The van der Waals surface area contributed by atoms with Gasteiger partial charge >= 0.3 is 6.18 Å². The van der Waals surface area contributed by atoms with Crippen molar-refractivity contribution in [1.29, 1.82) is 0 Å². The fourth-order valence-electron chi connectivity index (χ4n) is 1.64. The topological polar surface area (TPSA) is 127 Å². The van der Waals surface area contributed by atoms with Crippen molar-refractivity contribution in [2.45, 2.75) is 25.6 Å². The van der Waals surface area contributed by atoms with Crippen LogP contribution < -0.4 is 22.1 Å². The molecule has 24 heavy (non-hydrogen) atoms. The lowest BCUT2D eigenvalue weighted by Crippen LogP contribution is -2.55. The van der Waals surface area contributed by atoms with E-state index in [0.29, 0.717) is 6.07 Å². The van der Waals surface area contributed by atoms with Crippen molar-refractivity contribution in [2.75, 3.05) is 12.3 Å². The monoisotopic (exact) mass is 346 g/mol. The maximum absolute atomic E-state index is 12.7. The van der Waals surface area contributed by atoms with E-state index in [1.807, 2.05) is 0 Å². The lowest BCUT2D eigenvalue weighted by Gasteiger charge is -2.22. The van der Waals surface area contributed by atoms with Crippen molar-refractivity contribution < 1.29 is 27.6 Å². The molecule has 1 aromatic rings. The van der Waals surface area contributed by atoms with Crippen LogP contribution in [0.3, 0.4) is 0 Å². The molecule has 6 N–H and O–H groups in total. The standard InChI is InChI=1S/C14H17F3N4O3/c1-13(2,12(19)24)21-10(22)6-20-11(23)8-5-7(14(15,16)17)3-4-9(8)18/h3-5H,6,18H2,1-2H3,(H2,19,24)(H,20,23)(H,21,22). The van der Waals surface area contributed by atoms with E-state index in [1.165, 1.54) is 13.8 Å². The Morgan fingerprint density at radius 1 is 1.17 bits per heavy atom. The van der Waals surface area contributed by atoms with E-state index in [9.17, 15) is 27.6 Å². The fraction of sp³-hybridized carbons (Fsp3) is 0.357. The lowest BCUT2D eigenvalue weighted by molar-refractivity contribution is -0.137. The summed E-state index contributed by atoms with van der Waals surface area (Å²) in [6.45, 7) is 2.16. The van der Waals surface area contributed by atoms with Gasteiger partial charge in [0.2, 0.25) is 11.8 Å². The van der Waals surface area contributed by atoms with Crippen LogP contribution in [-0.4, -0.2) is 29.8 Å². The number of hydrogen-bond donors (Lipinski definition) is 4. The van der Waals surface area contributed by atoms with Gasteiger partial charge in [0, 0.05) is 5.69 Å². The fourth-order valence-corrected chi connectivity index (χ4v) is 1.64. The lowest BCUT2D eigenvalue weighted by atomic mass is 10.1. The smallest absolute Gasteiger partial charge is 0.398 e. The van der Waals surface area contributed by atoms with Crippen LogP contribution in [0.25, 0.3) is 0 Å². The van der Waals surface area contributed by atoms with Gasteiger partial charge < -0.3 is 22.1 Å². The number of benzene rings is 1. The zero-order valence-corrected chi connectivity index (χ0v) is 13.0. The van der Waals surface area contributed by atoms with E-state index in [-0.39, 0.29) is 5.69 Å². The number of nitrogen functional groups attached to an aromatic ring is 1. The van der Waals surface area contributed by atoms with Crippen LogP contribution in [0.15, 0.2) is 18.2 Å². The Hall–Kier alpha value is -2.78. The number of alkyl halides is 3. The second-order valence-electron chi connectivity index (χ2n) is 5.52. The molecule has 0 heterocycles. The third-order valence-corrected chi connectivity index (χ3v) is 3.10.